The highest BCUT2D eigenvalue weighted by molar-refractivity contribution is 6.02. The largest absolute Gasteiger partial charge is 0.444 e. The number of hydrogen-bond acceptors (Lipinski definition) is 6. The molecular formula is C31H34N4O3. The summed E-state index contributed by atoms with van der Waals surface area (Å²) in [5, 5.41) is 9.75. The van der Waals surface area contributed by atoms with E-state index in [2.05, 4.69) is 19.1 Å². The lowest BCUT2D eigenvalue weighted by Crippen LogP contribution is -2.46. The Balaban J connectivity index is 1.64. The minimum atomic E-state index is -0.579. The van der Waals surface area contributed by atoms with Crippen LogP contribution in [-0.4, -0.2) is 45.4 Å². The van der Waals surface area contributed by atoms with Crippen LogP contribution in [0.4, 0.5) is 4.79 Å². The summed E-state index contributed by atoms with van der Waals surface area (Å²) in [5.41, 5.74) is 3.74. The van der Waals surface area contributed by atoms with Crippen molar-refractivity contribution in [2.75, 3.05) is 13.1 Å². The first-order valence-electron chi connectivity index (χ1n) is 13.3. The van der Waals surface area contributed by atoms with E-state index in [4.69, 9.17) is 14.7 Å². The molecule has 0 radical (unpaired) electrons. The second kappa shape index (κ2) is 9.50. The molecule has 196 valence electrons. The van der Waals surface area contributed by atoms with E-state index in [9.17, 15) is 14.9 Å². The molecule has 1 amide bonds. The molecule has 0 spiro atoms. The monoisotopic (exact) mass is 510 g/mol. The van der Waals surface area contributed by atoms with Gasteiger partial charge < -0.3 is 9.64 Å². The highest BCUT2D eigenvalue weighted by Gasteiger charge is 2.49. The smallest absolute Gasteiger partial charge is 0.410 e. The van der Waals surface area contributed by atoms with Crippen molar-refractivity contribution in [2.24, 2.45) is 11.8 Å². The fourth-order valence-electron chi connectivity index (χ4n) is 6.14. The number of carbonyl (C=O) groups is 2. The Morgan fingerprint density at radius 3 is 2.63 bits per heavy atom. The minimum Gasteiger partial charge on any atom is -0.444 e. The van der Waals surface area contributed by atoms with E-state index in [0.717, 1.165) is 40.9 Å². The van der Waals surface area contributed by atoms with Crippen LogP contribution in [0.2, 0.25) is 0 Å². The standard InChI is InChI=1S/C31H34N4O3/c1-19-24-14-13-23-25(20-10-7-6-8-11-20)33-28(34-27(23)31(24,5)16-22(17-32)26(19)36)21-12-9-15-35(18-21)29(37)38-30(2,3)4/h6-8,10-12,16,19,24H,9,13-15,18H2,1-5H3/t19-,24-,31-/m1/s1. The predicted molar refractivity (Wildman–Crippen MR) is 145 cm³/mol. The Hall–Kier alpha value is -3.79. The number of fused-ring (bicyclic) bond motifs is 3. The van der Waals surface area contributed by atoms with Crippen molar-refractivity contribution < 1.29 is 14.3 Å². The van der Waals surface area contributed by atoms with Crippen molar-refractivity contribution in [1.82, 2.24) is 14.9 Å². The van der Waals surface area contributed by atoms with Gasteiger partial charge in [0.2, 0.25) is 0 Å². The van der Waals surface area contributed by atoms with E-state index >= 15 is 0 Å². The number of benzene rings is 1. The molecule has 1 aromatic carbocycles. The van der Waals surface area contributed by atoms with Crippen LogP contribution >= 0.6 is 0 Å². The van der Waals surface area contributed by atoms with Gasteiger partial charge in [0, 0.05) is 34.6 Å². The molecule has 1 aromatic heterocycles. The molecule has 3 aliphatic rings. The van der Waals surface area contributed by atoms with Gasteiger partial charge in [-0.15, -0.1) is 0 Å². The lowest BCUT2D eigenvalue weighted by molar-refractivity contribution is -0.121. The van der Waals surface area contributed by atoms with Crippen molar-refractivity contribution in [1.29, 1.82) is 5.26 Å². The molecule has 0 fully saturated rings. The number of hydrogen-bond donors (Lipinski definition) is 0. The zero-order valence-electron chi connectivity index (χ0n) is 22.7. The van der Waals surface area contributed by atoms with Crippen molar-refractivity contribution in [3.63, 3.8) is 0 Å². The van der Waals surface area contributed by atoms with Crippen LogP contribution in [0.1, 0.15) is 64.5 Å². The Kier molecular flexibility index (Phi) is 6.46. The zero-order valence-corrected chi connectivity index (χ0v) is 22.7. The first-order valence-corrected chi connectivity index (χ1v) is 13.3. The van der Waals surface area contributed by atoms with E-state index in [1.807, 2.05) is 64.1 Å². The van der Waals surface area contributed by atoms with Crippen molar-refractivity contribution in [3.8, 4) is 17.3 Å². The van der Waals surface area contributed by atoms with Gasteiger partial charge in [0.25, 0.3) is 0 Å². The van der Waals surface area contributed by atoms with Crippen LogP contribution in [0, 0.1) is 23.2 Å². The fourth-order valence-corrected chi connectivity index (χ4v) is 6.14. The first-order chi connectivity index (χ1) is 18.0. The number of carbonyl (C=O) groups excluding carboxylic acids is 2. The van der Waals surface area contributed by atoms with Crippen molar-refractivity contribution in [3.05, 3.63) is 65.1 Å². The number of Topliss-reactive ketones (excluding diaryl/α,β-unsaturated/α-hetero) is 1. The molecule has 7 nitrogen and oxygen atoms in total. The average molecular weight is 511 g/mol. The Labute approximate surface area is 224 Å². The number of amides is 1. The van der Waals surface area contributed by atoms with Gasteiger partial charge in [0.05, 0.1) is 23.5 Å². The lowest BCUT2D eigenvalue weighted by Gasteiger charge is -2.45. The van der Waals surface area contributed by atoms with Gasteiger partial charge in [-0.2, -0.15) is 5.26 Å². The lowest BCUT2D eigenvalue weighted by atomic mass is 9.57. The Morgan fingerprint density at radius 1 is 1.21 bits per heavy atom. The molecule has 0 N–H and O–H groups in total. The molecule has 0 saturated carbocycles. The van der Waals surface area contributed by atoms with Crippen LogP contribution in [0.3, 0.4) is 0 Å². The van der Waals surface area contributed by atoms with Crippen molar-refractivity contribution >= 4 is 17.4 Å². The summed E-state index contributed by atoms with van der Waals surface area (Å²) in [4.78, 5) is 37.7. The third-order valence-corrected chi connectivity index (χ3v) is 7.98. The third-order valence-electron chi connectivity index (χ3n) is 7.98. The van der Waals surface area contributed by atoms with Gasteiger partial charge in [-0.1, -0.05) is 56.3 Å². The maximum Gasteiger partial charge on any atom is 0.410 e. The molecule has 5 rings (SSSR count). The summed E-state index contributed by atoms with van der Waals surface area (Å²) in [6.07, 6.45) is 5.85. The molecule has 38 heavy (non-hydrogen) atoms. The summed E-state index contributed by atoms with van der Waals surface area (Å²) in [7, 11) is 0. The average Bonchev–Trinajstić information content (AvgIpc) is 2.90. The van der Waals surface area contributed by atoms with Gasteiger partial charge >= 0.3 is 6.09 Å². The first kappa shape index (κ1) is 25.8. The fraction of sp³-hybridized carbons (Fsp3) is 0.452. The molecule has 2 aliphatic carbocycles. The van der Waals surface area contributed by atoms with E-state index in [0.29, 0.717) is 25.3 Å². The summed E-state index contributed by atoms with van der Waals surface area (Å²) in [5.74, 6) is 0.278. The Morgan fingerprint density at radius 2 is 1.95 bits per heavy atom. The number of nitriles is 1. The quantitative estimate of drug-likeness (QED) is 0.517. The molecule has 0 unspecified atom stereocenters. The van der Waals surface area contributed by atoms with Crippen LogP contribution in [0.25, 0.3) is 16.8 Å². The molecule has 2 aromatic rings. The zero-order chi connectivity index (χ0) is 27.2. The number of ether oxygens (including phenoxy) is 1. The second-order valence-electron chi connectivity index (χ2n) is 11.8. The van der Waals surface area contributed by atoms with Gasteiger partial charge in [-0.25, -0.2) is 14.8 Å². The highest BCUT2D eigenvalue weighted by Crippen LogP contribution is 2.50. The van der Waals surface area contributed by atoms with Crippen LogP contribution in [-0.2, 0) is 21.4 Å². The molecular weight excluding hydrogens is 476 g/mol. The maximum atomic E-state index is 12.9. The number of rotatable bonds is 2. The van der Waals surface area contributed by atoms with Crippen molar-refractivity contribution in [2.45, 2.75) is 64.9 Å². The van der Waals surface area contributed by atoms with E-state index < -0.39 is 11.0 Å². The Bertz CT molecular complexity index is 1400. The molecule has 7 heteroatoms. The van der Waals surface area contributed by atoms with Crippen LogP contribution in [0.5, 0.6) is 0 Å². The van der Waals surface area contributed by atoms with E-state index in [1.54, 1.807) is 4.90 Å². The molecule has 0 bridgehead atoms. The maximum absolute atomic E-state index is 12.9. The minimum absolute atomic E-state index is 0.0459. The third kappa shape index (κ3) is 4.53. The summed E-state index contributed by atoms with van der Waals surface area (Å²) in [6.45, 7) is 10.5. The number of allylic oxidation sites excluding steroid dienone is 2. The van der Waals surface area contributed by atoms with Gasteiger partial charge in [0.1, 0.15) is 11.7 Å². The highest BCUT2D eigenvalue weighted by atomic mass is 16.6. The van der Waals surface area contributed by atoms with E-state index in [1.165, 1.54) is 0 Å². The summed E-state index contributed by atoms with van der Waals surface area (Å²) < 4.78 is 5.63. The number of aromatic nitrogens is 2. The SMILES string of the molecule is C[C@H]1C(=O)C(C#N)=C[C@@]2(C)c3nc(C4=CCCN(C(=O)OC(C)(C)C)C4)nc(-c4ccccc4)c3CC[C@H]12. The molecule has 0 saturated heterocycles. The molecule has 2 heterocycles. The van der Waals surface area contributed by atoms with Gasteiger partial charge in [-0.05, 0) is 46.0 Å². The van der Waals surface area contributed by atoms with Gasteiger partial charge in [-0.3, -0.25) is 4.79 Å². The number of nitrogens with zero attached hydrogens (tertiary/aromatic N) is 4. The normalized spacial score (nSPS) is 24.9. The van der Waals surface area contributed by atoms with Crippen LogP contribution in [0.15, 0.2) is 48.1 Å². The molecule has 3 atom stereocenters. The predicted octanol–water partition coefficient (Wildman–Crippen LogP) is 5.66. The topological polar surface area (TPSA) is 96.2 Å². The summed E-state index contributed by atoms with van der Waals surface area (Å²) in [6, 6.07) is 12.2. The van der Waals surface area contributed by atoms with Gasteiger partial charge in [0.15, 0.2) is 11.6 Å². The second-order valence-corrected chi connectivity index (χ2v) is 11.8. The van der Waals surface area contributed by atoms with E-state index in [-0.39, 0.29) is 29.3 Å². The van der Waals surface area contributed by atoms with Crippen LogP contribution < -0.4 is 0 Å². The number of ketones is 1. The summed E-state index contributed by atoms with van der Waals surface area (Å²) >= 11 is 0. The molecule has 1 aliphatic heterocycles.